The number of carbonyl (C=O) groups excluding carboxylic acids is 1. The molecule has 6 heteroatoms. The number of hydrogen-bond donors (Lipinski definition) is 0. The maximum atomic E-state index is 12.3. The molecule has 3 heterocycles. The summed E-state index contributed by atoms with van der Waals surface area (Å²) in [6.45, 7) is 1.49. The number of amides is 1. The monoisotopic (exact) mass is 245 g/mol. The Kier molecular flexibility index (Phi) is 2.62. The number of nitrogens with zero attached hydrogens (tertiary/aromatic N) is 5. The van der Waals surface area contributed by atoms with Crippen molar-refractivity contribution in [2.45, 2.75) is 12.5 Å². The summed E-state index contributed by atoms with van der Waals surface area (Å²) in [6.07, 6.45) is 7.93. The van der Waals surface area contributed by atoms with Crippen molar-refractivity contribution in [1.29, 1.82) is 0 Å². The van der Waals surface area contributed by atoms with Gasteiger partial charge in [0.25, 0.3) is 5.91 Å². The van der Waals surface area contributed by atoms with Crippen molar-refractivity contribution in [3.05, 3.63) is 36.7 Å². The van der Waals surface area contributed by atoms with Crippen molar-refractivity contribution in [2.24, 2.45) is 7.05 Å². The van der Waals surface area contributed by atoms with Crippen LogP contribution in [0.15, 0.2) is 31.0 Å². The van der Waals surface area contributed by atoms with Crippen molar-refractivity contribution in [3.63, 3.8) is 0 Å². The molecule has 0 spiro atoms. The summed E-state index contributed by atoms with van der Waals surface area (Å²) < 4.78 is 3.68. The molecule has 0 radical (unpaired) electrons. The topological polar surface area (TPSA) is 56.0 Å². The van der Waals surface area contributed by atoms with Gasteiger partial charge in [-0.05, 0) is 12.5 Å². The molecular formula is C12H15N5O. The highest BCUT2D eigenvalue weighted by Gasteiger charge is 2.29. The van der Waals surface area contributed by atoms with Gasteiger partial charge in [0.05, 0.1) is 18.6 Å². The quantitative estimate of drug-likeness (QED) is 0.782. The standard InChI is InChI=1S/C12H15N5O/c1-15-9-13-7-11(15)12(18)16-6-3-10(8-16)17-5-2-4-14-17/h2,4-5,7,9-10H,3,6,8H2,1H3. The maximum Gasteiger partial charge on any atom is 0.272 e. The third-order valence-corrected chi connectivity index (χ3v) is 3.39. The fourth-order valence-electron chi connectivity index (χ4n) is 2.36. The van der Waals surface area contributed by atoms with Crippen molar-refractivity contribution in [2.75, 3.05) is 13.1 Å². The normalized spacial score (nSPS) is 19.4. The average Bonchev–Trinajstić information content (AvgIpc) is 3.09. The predicted octanol–water partition coefficient (Wildman–Crippen LogP) is 0.704. The molecule has 1 unspecified atom stereocenters. The Labute approximate surface area is 105 Å². The second-order valence-electron chi connectivity index (χ2n) is 4.57. The molecule has 1 amide bonds. The first kappa shape index (κ1) is 11.0. The fraction of sp³-hybridized carbons (Fsp3) is 0.417. The number of rotatable bonds is 2. The molecule has 2 aromatic heterocycles. The van der Waals surface area contributed by atoms with Crippen LogP contribution in [0, 0.1) is 0 Å². The molecular weight excluding hydrogens is 230 g/mol. The summed E-state index contributed by atoms with van der Waals surface area (Å²) >= 11 is 0. The Morgan fingerprint density at radius 1 is 1.50 bits per heavy atom. The lowest BCUT2D eigenvalue weighted by molar-refractivity contribution is 0.0777. The smallest absolute Gasteiger partial charge is 0.272 e. The number of aryl methyl sites for hydroxylation is 1. The van der Waals surface area contributed by atoms with E-state index in [4.69, 9.17) is 0 Å². The molecule has 1 aliphatic heterocycles. The first-order valence-corrected chi connectivity index (χ1v) is 6.00. The third-order valence-electron chi connectivity index (χ3n) is 3.39. The number of aromatic nitrogens is 4. The van der Waals surface area contributed by atoms with Crippen LogP contribution in [0.25, 0.3) is 0 Å². The van der Waals surface area contributed by atoms with Gasteiger partial charge in [-0.25, -0.2) is 4.98 Å². The molecule has 1 aliphatic rings. The summed E-state index contributed by atoms with van der Waals surface area (Å²) in [6, 6.07) is 2.20. The number of likely N-dealkylation sites (tertiary alicyclic amines) is 1. The lowest BCUT2D eigenvalue weighted by Crippen LogP contribution is -2.30. The van der Waals surface area contributed by atoms with Crippen molar-refractivity contribution in [1.82, 2.24) is 24.2 Å². The maximum absolute atomic E-state index is 12.3. The SMILES string of the molecule is Cn1cncc1C(=O)N1CCC(n2cccn2)C1. The molecule has 0 aromatic carbocycles. The van der Waals surface area contributed by atoms with Gasteiger partial charge in [0.15, 0.2) is 0 Å². The summed E-state index contributed by atoms with van der Waals surface area (Å²) in [7, 11) is 1.83. The second kappa shape index (κ2) is 4.29. The molecule has 0 N–H and O–H groups in total. The van der Waals surface area contributed by atoms with E-state index in [0.717, 1.165) is 13.0 Å². The largest absolute Gasteiger partial charge is 0.335 e. The first-order chi connectivity index (χ1) is 8.75. The molecule has 1 atom stereocenters. The van der Waals surface area contributed by atoms with E-state index in [9.17, 15) is 4.79 Å². The van der Waals surface area contributed by atoms with Crippen LogP contribution in [0.2, 0.25) is 0 Å². The minimum atomic E-state index is 0.0460. The molecule has 3 rings (SSSR count). The van der Waals surface area contributed by atoms with Crippen LogP contribution in [0.3, 0.4) is 0 Å². The third kappa shape index (κ3) is 1.79. The molecule has 0 bridgehead atoms. The van der Waals surface area contributed by atoms with E-state index in [1.165, 1.54) is 0 Å². The van der Waals surface area contributed by atoms with E-state index in [1.807, 2.05) is 28.9 Å². The summed E-state index contributed by atoms with van der Waals surface area (Å²) in [5.41, 5.74) is 0.635. The van der Waals surface area contributed by atoms with Gasteiger partial charge >= 0.3 is 0 Å². The van der Waals surface area contributed by atoms with E-state index in [-0.39, 0.29) is 11.9 Å². The summed E-state index contributed by atoms with van der Waals surface area (Å²) in [5.74, 6) is 0.0460. The minimum absolute atomic E-state index is 0.0460. The van der Waals surface area contributed by atoms with E-state index in [0.29, 0.717) is 12.2 Å². The minimum Gasteiger partial charge on any atom is -0.335 e. The van der Waals surface area contributed by atoms with Crippen LogP contribution in [0.4, 0.5) is 0 Å². The van der Waals surface area contributed by atoms with E-state index in [1.54, 1.807) is 23.3 Å². The zero-order valence-corrected chi connectivity index (χ0v) is 10.2. The van der Waals surface area contributed by atoms with Crippen LogP contribution < -0.4 is 0 Å². The number of imidazole rings is 1. The molecule has 94 valence electrons. The van der Waals surface area contributed by atoms with E-state index in [2.05, 4.69) is 10.1 Å². The zero-order chi connectivity index (χ0) is 12.5. The second-order valence-corrected chi connectivity index (χ2v) is 4.57. The lowest BCUT2D eigenvalue weighted by atomic mass is 10.3. The van der Waals surface area contributed by atoms with Crippen LogP contribution >= 0.6 is 0 Å². The zero-order valence-electron chi connectivity index (χ0n) is 10.2. The van der Waals surface area contributed by atoms with E-state index >= 15 is 0 Å². The Hall–Kier alpha value is -2.11. The van der Waals surface area contributed by atoms with Gasteiger partial charge in [0.2, 0.25) is 0 Å². The van der Waals surface area contributed by atoms with E-state index < -0.39 is 0 Å². The fourth-order valence-corrected chi connectivity index (χ4v) is 2.36. The Morgan fingerprint density at radius 3 is 3.06 bits per heavy atom. The number of hydrogen-bond acceptors (Lipinski definition) is 3. The molecule has 1 fully saturated rings. The van der Waals surface area contributed by atoms with Crippen molar-refractivity contribution in [3.8, 4) is 0 Å². The van der Waals surface area contributed by atoms with Gasteiger partial charge in [0.1, 0.15) is 5.69 Å². The van der Waals surface area contributed by atoms with Gasteiger partial charge in [-0.3, -0.25) is 9.48 Å². The lowest BCUT2D eigenvalue weighted by Gasteiger charge is -2.16. The Morgan fingerprint density at radius 2 is 2.39 bits per heavy atom. The molecule has 0 aliphatic carbocycles. The molecule has 0 saturated carbocycles. The van der Waals surface area contributed by atoms with Crippen LogP contribution in [0.5, 0.6) is 0 Å². The molecule has 6 nitrogen and oxygen atoms in total. The highest BCUT2D eigenvalue weighted by atomic mass is 16.2. The highest BCUT2D eigenvalue weighted by molar-refractivity contribution is 5.92. The van der Waals surface area contributed by atoms with Gasteiger partial charge in [-0.2, -0.15) is 5.10 Å². The average molecular weight is 245 g/mol. The van der Waals surface area contributed by atoms with Gasteiger partial charge in [-0.15, -0.1) is 0 Å². The van der Waals surface area contributed by atoms with Crippen LogP contribution in [0.1, 0.15) is 23.0 Å². The highest BCUT2D eigenvalue weighted by Crippen LogP contribution is 2.22. The summed E-state index contributed by atoms with van der Waals surface area (Å²) in [5, 5.41) is 4.23. The Balaban J connectivity index is 1.73. The van der Waals surface area contributed by atoms with Gasteiger partial charge in [-0.1, -0.05) is 0 Å². The molecule has 2 aromatic rings. The van der Waals surface area contributed by atoms with Gasteiger partial charge < -0.3 is 9.47 Å². The van der Waals surface area contributed by atoms with Crippen LogP contribution in [-0.2, 0) is 7.05 Å². The van der Waals surface area contributed by atoms with Crippen LogP contribution in [-0.4, -0.2) is 43.2 Å². The molecule has 1 saturated heterocycles. The summed E-state index contributed by atoms with van der Waals surface area (Å²) in [4.78, 5) is 18.1. The molecule has 18 heavy (non-hydrogen) atoms. The van der Waals surface area contributed by atoms with Crippen molar-refractivity contribution >= 4 is 5.91 Å². The Bertz CT molecular complexity index is 545. The number of carbonyl (C=O) groups is 1. The first-order valence-electron chi connectivity index (χ1n) is 6.00. The van der Waals surface area contributed by atoms with Crippen molar-refractivity contribution < 1.29 is 4.79 Å². The van der Waals surface area contributed by atoms with Gasteiger partial charge in [0, 0.05) is 32.5 Å². The predicted molar refractivity (Wildman–Crippen MR) is 65.0 cm³/mol.